The van der Waals surface area contributed by atoms with Crippen LogP contribution >= 0.6 is 0 Å². The van der Waals surface area contributed by atoms with E-state index in [0.717, 1.165) is 5.56 Å². The number of carbonyl (C=O) groups is 2. The number of hydrogen-bond donors (Lipinski definition) is 2. The van der Waals surface area contributed by atoms with Crippen molar-refractivity contribution in [1.29, 1.82) is 0 Å². The molecule has 0 heterocycles. The smallest absolute Gasteiger partial charge is 0.252 e. The fraction of sp³-hybridized carbons (Fsp3) is 0.263. The van der Waals surface area contributed by atoms with Crippen molar-refractivity contribution in [3.8, 4) is 11.1 Å². The van der Waals surface area contributed by atoms with Gasteiger partial charge in [0.1, 0.15) is 5.82 Å². The van der Waals surface area contributed by atoms with Crippen LogP contribution in [0, 0.1) is 5.82 Å². The molecule has 0 aliphatic carbocycles. The summed E-state index contributed by atoms with van der Waals surface area (Å²) in [6.07, 6.45) is 0.180. The van der Waals surface area contributed by atoms with Gasteiger partial charge >= 0.3 is 0 Å². The molecular weight excluding hydrogens is 307 g/mol. The molecule has 0 radical (unpaired) electrons. The molecule has 0 bridgehead atoms. The number of carbonyl (C=O) groups excluding carboxylic acids is 2. The molecule has 0 aliphatic rings. The Morgan fingerprint density at radius 3 is 2.46 bits per heavy atom. The summed E-state index contributed by atoms with van der Waals surface area (Å²) in [6, 6.07) is 13.5. The molecule has 2 aromatic carbocycles. The van der Waals surface area contributed by atoms with Crippen LogP contribution < -0.4 is 10.6 Å². The highest BCUT2D eigenvalue weighted by Gasteiger charge is 2.14. The fourth-order valence-corrected chi connectivity index (χ4v) is 2.35. The van der Waals surface area contributed by atoms with Gasteiger partial charge in [-0.15, -0.1) is 0 Å². The summed E-state index contributed by atoms with van der Waals surface area (Å²) >= 11 is 0. The first-order valence-corrected chi connectivity index (χ1v) is 7.90. The van der Waals surface area contributed by atoms with Crippen LogP contribution in [0.4, 0.5) is 4.39 Å². The van der Waals surface area contributed by atoms with E-state index >= 15 is 0 Å². The van der Waals surface area contributed by atoms with Gasteiger partial charge in [0.15, 0.2) is 0 Å². The molecule has 0 unspecified atom stereocenters. The standard InChI is InChI=1S/C19H21FN2O2/c1-13(2)22-18(23)10-11-21-19(24)17-12-15(20)8-9-16(17)14-6-4-3-5-7-14/h3-9,12-13H,10-11H2,1-2H3,(H,21,24)(H,22,23). The van der Waals surface area contributed by atoms with Crippen molar-refractivity contribution in [2.45, 2.75) is 26.3 Å². The molecule has 5 heteroatoms. The lowest BCUT2D eigenvalue weighted by Gasteiger charge is -2.12. The van der Waals surface area contributed by atoms with Crippen LogP contribution in [0.15, 0.2) is 48.5 Å². The van der Waals surface area contributed by atoms with E-state index in [1.807, 2.05) is 44.2 Å². The van der Waals surface area contributed by atoms with E-state index in [4.69, 9.17) is 0 Å². The van der Waals surface area contributed by atoms with E-state index < -0.39 is 11.7 Å². The van der Waals surface area contributed by atoms with Crippen molar-refractivity contribution in [3.63, 3.8) is 0 Å². The van der Waals surface area contributed by atoms with Gasteiger partial charge in [0.05, 0.1) is 5.56 Å². The number of rotatable bonds is 6. The van der Waals surface area contributed by atoms with Gasteiger partial charge in [-0.2, -0.15) is 0 Å². The average Bonchev–Trinajstić information content (AvgIpc) is 2.54. The summed E-state index contributed by atoms with van der Waals surface area (Å²) in [6.45, 7) is 3.94. The zero-order chi connectivity index (χ0) is 17.5. The maximum atomic E-state index is 13.6. The summed E-state index contributed by atoms with van der Waals surface area (Å²) in [5.41, 5.74) is 1.74. The van der Waals surface area contributed by atoms with Gasteiger partial charge in [0, 0.05) is 19.0 Å². The molecule has 2 aromatic rings. The quantitative estimate of drug-likeness (QED) is 0.856. The second-order valence-corrected chi connectivity index (χ2v) is 5.78. The molecule has 4 nitrogen and oxygen atoms in total. The molecule has 0 fully saturated rings. The second kappa shape index (κ2) is 8.24. The van der Waals surface area contributed by atoms with Crippen molar-refractivity contribution in [2.75, 3.05) is 6.54 Å². The van der Waals surface area contributed by atoms with Crippen LogP contribution in [0.3, 0.4) is 0 Å². The van der Waals surface area contributed by atoms with Crippen LogP contribution in [-0.4, -0.2) is 24.4 Å². The molecule has 0 atom stereocenters. The summed E-state index contributed by atoms with van der Waals surface area (Å²) in [5, 5.41) is 5.43. The largest absolute Gasteiger partial charge is 0.354 e. The summed E-state index contributed by atoms with van der Waals surface area (Å²) < 4.78 is 13.6. The number of halogens is 1. The number of hydrogen-bond acceptors (Lipinski definition) is 2. The van der Waals surface area contributed by atoms with Crippen LogP contribution in [0.5, 0.6) is 0 Å². The van der Waals surface area contributed by atoms with Crippen molar-refractivity contribution in [1.82, 2.24) is 10.6 Å². The van der Waals surface area contributed by atoms with Gasteiger partial charge in [-0.1, -0.05) is 36.4 Å². The SMILES string of the molecule is CC(C)NC(=O)CCNC(=O)c1cc(F)ccc1-c1ccccc1. The summed E-state index contributed by atoms with van der Waals surface area (Å²) in [7, 11) is 0. The van der Waals surface area contributed by atoms with E-state index in [9.17, 15) is 14.0 Å². The highest BCUT2D eigenvalue weighted by molar-refractivity contribution is 6.01. The molecule has 2 rings (SSSR count). The molecule has 2 amide bonds. The van der Waals surface area contributed by atoms with Crippen LogP contribution in [-0.2, 0) is 4.79 Å². The number of nitrogens with one attached hydrogen (secondary N) is 2. The maximum Gasteiger partial charge on any atom is 0.252 e. The Hall–Kier alpha value is -2.69. The Morgan fingerprint density at radius 2 is 1.79 bits per heavy atom. The molecule has 2 N–H and O–H groups in total. The summed E-state index contributed by atoms with van der Waals surface area (Å²) in [4.78, 5) is 24.0. The lowest BCUT2D eigenvalue weighted by Crippen LogP contribution is -2.34. The highest BCUT2D eigenvalue weighted by Crippen LogP contribution is 2.24. The second-order valence-electron chi connectivity index (χ2n) is 5.78. The molecule has 0 saturated heterocycles. The zero-order valence-electron chi connectivity index (χ0n) is 13.8. The maximum absolute atomic E-state index is 13.6. The topological polar surface area (TPSA) is 58.2 Å². The zero-order valence-corrected chi connectivity index (χ0v) is 13.8. The van der Waals surface area contributed by atoms with Gasteiger partial charge in [-0.25, -0.2) is 4.39 Å². The van der Waals surface area contributed by atoms with Crippen molar-refractivity contribution < 1.29 is 14.0 Å². The third-order valence-electron chi connectivity index (χ3n) is 3.40. The minimum Gasteiger partial charge on any atom is -0.354 e. The predicted octanol–water partition coefficient (Wildman–Crippen LogP) is 3.14. The Morgan fingerprint density at radius 1 is 1.08 bits per heavy atom. The van der Waals surface area contributed by atoms with Crippen molar-refractivity contribution in [2.24, 2.45) is 0 Å². The van der Waals surface area contributed by atoms with E-state index in [0.29, 0.717) is 5.56 Å². The monoisotopic (exact) mass is 328 g/mol. The third-order valence-corrected chi connectivity index (χ3v) is 3.40. The van der Waals surface area contributed by atoms with Crippen LogP contribution in [0.25, 0.3) is 11.1 Å². The van der Waals surface area contributed by atoms with Crippen molar-refractivity contribution >= 4 is 11.8 Å². The van der Waals surface area contributed by atoms with Gasteiger partial charge in [0.2, 0.25) is 5.91 Å². The van der Waals surface area contributed by atoms with Gasteiger partial charge in [-0.05, 0) is 37.1 Å². The van der Waals surface area contributed by atoms with Gasteiger partial charge in [-0.3, -0.25) is 9.59 Å². The van der Waals surface area contributed by atoms with Crippen molar-refractivity contribution in [3.05, 3.63) is 59.9 Å². The minimum atomic E-state index is -0.475. The number of amides is 2. The number of benzene rings is 2. The van der Waals surface area contributed by atoms with E-state index in [-0.39, 0.29) is 30.5 Å². The lowest BCUT2D eigenvalue weighted by atomic mass is 9.99. The Balaban J connectivity index is 2.09. The first-order valence-electron chi connectivity index (χ1n) is 7.90. The third kappa shape index (κ3) is 4.91. The lowest BCUT2D eigenvalue weighted by molar-refractivity contribution is -0.121. The average molecular weight is 328 g/mol. The first kappa shape index (κ1) is 17.7. The Bertz CT molecular complexity index is 715. The fourth-order valence-electron chi connectivity index (χ4n) is 2.35. The summed E-state index contributed by atoms with van der Waals surface area (Å²) in [5.74, 6) is -1.00. The normalized spacial score (nSPS) is 10.5. The van der Waals surface area contributed by atoms with Crippen LogP contribution in [0.1, 0.15) is 30.6 Å². The predicted molar refractivity (Wildman–Crippen MR) is 92.1 cm³/mol. The van der Waals surface area contributed by atoms with Crippen LogP contribution in [0.2, 0.25) is 0 Å². The molecule has 24 heavy (non-hydrogen) atoms. The minimum absolute atomic E-state index is 0.0566. The molecular formula is C19H21FN2O2. The van der Waals surface area contributed by atoms with E-state index in [2.05, 4.69) is 10.6 Å². The molecule has 126 valence electrons. The van der Waals surface area contributed by atoms with Gasteiger partial charge in [0.25, 0.3) is 5.91 Å². The molecule has 0 saturated carbocycles. The van der Waals surface area contributed by atoms with E-state index in [1.54, 1.807) is 6.07 Å². The van der Waals surface area contributed by atoms with E-state index in [1.165, 1.54) is 12.1 Å². The first-order chi connectivity index (χ1) is 11.5. The highest BCUT2D eigenvalue weighted by atomic mass is 19.1. The molecule has 0 aromatic heterocycles. The Labute approximate surface area is 141 Å². The molecule has 0 spiro atoms. The molecule has 0 aliphatic heterocycles. The van der Waals surface area contributed by atoms with Gasteiger partial charge < -0.3 is 10.6 Å². The Kier molecular flexibility index (Phi) is 6.07.